The van der Waals surface area contributed by atoms with Gasteiger partial charge in [-0.2, -0.15) is 5.26 Å². The summed E-state index contributed by atoms with van der Waals surface area (Å²) in [7, 11) is -1.75. The first kappa shape index (κ1) is 14.6. The highest BCUT2D eigenvalue weighted by atomic mass is 32.2. The second-order valence-electron chi connectivity index (χ2n) is 3.86. The summed E-state index contributed by atoms with van der Waals surface area (Å²) in [6, 6.07) is 5.44. The highest BCUT2D eigenvalue weighted by Crippen LogP contribution is 2.13. The van der Waals surface area contributed by atoms with Crippen molar-refractivity contribution in [1.29, 1.82) is 5.26 Å². The molecule has 0 spiro atoms. The van der Waals surface area contributed by atoms with Crippen molar-refractivity contribution in [1.82, 2.24) is 0 Å². The number of methoxy groups -OCH3 is 1. The average molecular weight is 271 g/mol. The number of nitriles is 1. The molecule has 1 rings (SSSR count). The molecule has 0 atom stereocenters. The van der Waals surface area contributed by atoms with E-state index in [-0.39, 0.29) is 17.1 Å². The van der Waals surface area contributed by atoms with Gasteiger partial charge in [0.25, 0.3) is 0 Å². The lowest BCUT2D eigenvalue weighted by Gasteiger charge is -2.05. The number of ether oxygens (including phenoxy) is 1. The zero-order valence-corrected chi connectivity index (χ0v) is 10.8. The smallest absolute Gasteiger partial charge is 0.154 e. The fourth-order valence-electron chi connectivity index (χ4n) is 1.50. The molecule has 1 aromatic rings. The van der Waals surface area contributed by atoms with Crippen molar-refractivity contribution in [3.63, 3.8) is 0 Å². The van der Waals surface area contributed by atoms with Gasteiger partial charge in [-0.25, -0.2) is 12.8 Å². The van der Waals surface area contributed by atoms with Gasteiger partial charge < -0.3 is 4.74 Å². The van der Waals surface area contributed by atoms with Crippen LogP contribution in [0, 0.1) is 17.1 Å². The van der Waals surface area contributed by atoms with Crippen LogP contribution in [0.1, 0.15) is 17.5 Å². The van der Waals surface area contributed by atoms with E-state index < -0.39 is 15.7 Å². The summed E-state index contributed by atoms with van der Waals surface area (Å²) in [5.41, 5.74) is 0.282. The average Bonchev–Trinajstić information content (AvgIpc) is 2.31. The van der Waals surface area contributed by atoms with Crippen LogP contribution in [0.25, 0.3) is 0 Å². The van der Waals surface area contributed by atoms with Crippen molar-refractivity contribution < 1.29 is 17.5 Å². The lowest BCUT2D eigenvalue weighted by atomic mass is 10.1. The van der Waals surface area contributed by atoms with E-state index in [0.29, 0.717) is 18.6 Å². The maximum absolute atomic E-state index is 13.1. The largest absolute Gasteiger partial charge is 0.385 e. The molecular weight excluding hydrogens is 257 g/mol. The predicted molar refractivity (Wildman–Crippen MR) is 65.1 cm³/mol. The van der Waals surface area contributed by atoms with Gasteiger partial charge >= 0.3 is 0 Å². The highest BCUT2D eigenvalue weighted by Gasteiger charge is 2.13. The monoisotopic (exact) mass is 271 g/mol. The molecule has 0 N–H and O–H groups in total. The number of halogens is 1. The van der Waals surface area contributed by atoms with Gasteiger partial charge in [-0.15, -0.1) is 0 Å². The standard InChI is InChI=1S/C12H14FNO3S/c1-17-5-2-6-18(15,16)9-10-3-4-12(13)11(7-10)8-14/h3-4,7H,2,5-6,9H2,1H3. The van der Waals surface area contributed by atoms with Crippen molar-refractivity contribution in [2.75, 3.05) is 19.5 Å². The minimum Gasteiger partial charge on any atom is -0.385 e. The van der Waals surface area contributed by atoms with Gasteiger partial charge in [0.1, 0.15) is 11.9 Å². The number of hydrogen-bond donors (Lipinski definition) is 0. The molecule has 0 aliphatic carbocycles. The SMILES string of the molecule is COCCCS(=O)(=O)Cc1ccc(F)c(C#N)c1. The van der Waals surface area contributed by atoms with Crippen molar-refractivity contribution in [3.05, 3.63) is 35.1 Å². The van der Waals surface area contributed by atoms with E-state index in [0.717, 1.165) is 6.07 Å². The normalized spacial score (nSPS) is 11.2. The molecule has 0 amide bonds. The van der Waals surface area contributed by atoms with Crippen LogP contribution < -0.4 is 0 Å². The van der Waals surface area contributed by atoms with E-state index in [1.807, 2.05) is 0 Å². The summed E-state index contributed by atoms with van der Waals surface area (Å²) in [6.07, 6.45) is 0.422. The number of benzene rings is 1. The first-order chi connectivity index (χ1) is 8.48. The Bertz CT molecular complexity index is 549. The Labute approximate surface area is 106 Å². The zero-order valence-electron chi connectivity index (χ0n) is 10.0. The Morgan fingerprint density at radius 2 is 2.17 bits per heavy atom. The van der Waals surface area contributed by atoms with Gasteiger partial charge in [-0.3, -0.25) is 0 Å². The van der Waals surface area contributed by atoms with Crippen LogP contribution in [0.2, 0.25) is 0 Å². The fraction of sp³-hybridized carbons (Fsp3) is 0.417. The van der Waals surface area contributed by atoms with Crippen LogP contribution in [0.15, 0.2) is 18.2 Å². The molecule has 0 heterocycles. The van der Waals surface area contributed by atoms with E-state index in [4.69, 9.17) is 10.00 Å². The minimum absolute atomic E-state index is 0.0140. The number of sulfone groups is 1. The number of nitrogens with zero attached hydrogens (tertiary/aromatic N) is 1. The van der Waals surface area contributed by atoms with Crippen LogP contribution >= 0.6 is 0 Å². The van der Waals surface area contributed by atoms with Gasteiger partial charge in [-0.05, 0) is 24.1 Å². The summed E-state index contributed by atoms with van der Waals surface area (Å²) in [5.74, 6) is -0.816. The highest BCUT2D eigenvalue weighted by molar-refractivity contribution is 7.90. The van der Waals surface area contributed by atoms with Gasteiger partial charge in [0, 0.05) is 13.7 Å². The molecule has 0 aromatic heterocycles. The Kier molecular flexibility index (Phi) is 5.25. The Hall–Kier alpha value is -1.45. The first-order valence-electron chi connectivity index (χ1n) is 5.36. The molecule has 0 saturated heterocycles. The second-order valence-corrected chi connectivity index (χ2v) is 6.05. The van der Waals surface area contributed by atoms with Crippen LogP contribution in [-0.2, 0) is 20.3 Å². The quantitative estimate of drug-likeness (QED) is 0.738. The fourth-order valence-corrected chi connectivity index (χ4v) is 2.89. The molecule has 18 heavy (non-hydrogen) atoms. The molecule has 0 saturated carbocycles. The maximum atomic E-state index is 13.1. The summed E-state index contributed by atoms with van der Waals surface area (Å²) >= 11 is 0. The van der Waals surface area contributed by atoms with E-state index in [1.54, 1.807) is 6.07 Å². The van der Waals surface area contributed by atoms with Gasteiger partial charge in [0.05, 0.1) is 17.1 Å². The summed E-state index contributed by atoms with van der Waals surface area (Å²) in [5, 5.41) is 8.66. The minimum atomic E-state index is -3.26. The molecule has 0 radical (unpaired) electrons. The molecule has 0 aliphatic heterocycles. The van der Waals surface area contributed by atoms with Crippen LogP contribution in [0.3, 0.4) is 0 Å². The molecule has 0 aliphatic rings. The lowest BCUT2D eigenvalue weighted by Crippen LogP contribution is -2.11. The third-order valence-electron chi connectivity index (χ3n) is 2.34. The molecule has 0 unspecified atom stereocenters. The van der Waals surface area contributed by atoms with Crippen LogP contribution in [-0.4, -0.2) is 27.9 Å². The van der Waals surface area contributed by atoms with E-state index >= 15 is 0 Å². The molecule has 98 valence electrons. The van der Waals surface area contributed by atoms with Crippen molar-refractivity contribution in [3.8, 4) is 6.07 Å². The summed E-state index contributed by atoms with van der Waals surface area (Å²) < 4.78 is 41.3. The molecule has 6 heteroatoms. The van der Waals surface area contributed by atoms with Gasteiger partial charge in [-0.1, -0.05) is 6.07 Å². The first-order valence-corrected chi connectivity index (χ1v) is 7.18. The zero-order chi connectivity index (χ0) is 13.6. The molecule has 1 aromatic carbocycles. The number of rotatable bonds is 6. The topological polar surface area (TPSA) is 67.2 Å². The van der Waals surface area contributed by atoms with E-state index in [1.165, 1.54) is 19.2 Å². The van der Waals surface area contributed by atoms with Crippen LogP contribution in [0.4, 0.5) is 4.39 Å². The Morgan fingerprint density at radius 3 is 2.78 bits per heavy atom. The van der Waals surface area contributed by atoms with Crippen molar-refractivity contribution in [2.45, 2.75) is 12.2 Å². The molecular formula is C12H14FNO3S. The molecule has 4 nitrogen and oxygen atoms in total. The Balaban J connectivity index is 2.76. The molecule has 0 fully saturated rings. The second kappa shape index (κ2) is 6.47. The summed E-state index contributed by atoms with van der Waals surface area (Å²) in [4.78, 5) is 0. The van der Waals surface area contributed by atoms with E-state index in [2.05, 4.69) is 0 Å². The summed E-state index contributed by atoms with van der Waals surface area (Å²) in [6.45, 7) is 0.381. The van der Waals surface area contributed by atoms with Crippen molar-refractivity contribution in [2.24, 2.45) is 0 Å². The lowest BCUT2D eigenvalue weighted by molar-refractivity contribution is 0.199. The van der Waals surface area contributed by atoms with Crippen molar-refractivity contribution >= 4 is 9.84 Å². The Morgan fingerprint density at radius 1 is 1.44 bits per heavy atom. The number of hydrogen-bond acceptors (Lipinski definition) is 4. The van der Waals surface area contributed by atoms with Gasteiger partial charge in [0.2, 0.25) is 0 Å². The third-order valence-corrected chi connectivity index (χ3v) is 4.03. The van der Waals surface area contributed by atoms with E-state index in [9.17, 15) is 12.8 Å². The molecule has 0 bridgehead atoms. The maximum Gasteiger partial charge on any atom is 0.154 e. The third kappa shape index (κ3) is 4.43. The van der Waals surface area contributed by atoms with Gasteiger partial charge in [0.15, 0.2) is 9.84 Å². The van der Waals surface area contributed by atoms with Crippen LogP contribution in [0.5, 0.6) is 0 Å². The predicted octanol–water partition coefficient (Wildman–Crippen LogP) is 1.65.